The average molecular weight is 579 g/mol. The van der Waals surface area contributed by atoms with Crippen molar-refractivity contribution >= 4 is 39.5 Å². The monoisotopic (exact) mass is 578 g/mol. The zero-order valence-electron chi connectivity index (χ0n) is 23.4. The molecule has 0 atom stereocenters. The van der Waals surface area contributed by atoms with E-state index >= 15 is 0 Å². The highest BCUT2D eigenvalue weighted by molar-refractivity contribution is 6.34. The van der Waals surface area contributed by atoms with Gasteiger partial charge < -0.3 is 24.4 Å². The summed E-state index contributed by atoms with van der Waals surface area (Å²) in [5.41, 5.74) is 1.39. The molecule has 0 amide bonds. The van der Waals surface area contributed by atoms with Gasteiger partial charge in [-0.25, -0.2) is 18.7 Å². The number of carbonyl (C=O) groups excluding carboxylic acids is 2. The molecular weight excluding hydrogens is 546 g/mol. The fraction of sp³-hybridized carbons (Fsp3) is 0.355. The normalized spacial score (nSPS) is 16.2. The number of aromatic nitrogens is 2. The molecule has 0 spiro atoms. The molecule has 1 N–H and O–H groups in total. The number of carbonyl (C=O) groups is 2. The minimum Gasteiger partial charge on any atom is -0.493 e. The van der Waals surface area contributed by atoms with Crippen LogP contribution in [-0.4, -0.2) is 79.7 Å². The summed E-state index contributed by atoms with van der Waals surface area (Å²) < 4.78 is 43.8. The van der Waals surface area contributed by atoms with E-state index in [0.717, 1.165) is 38.1 Å². The number of hydrogen-bond acceptors (Lipinski definition) is 9. The van der Waals surface area contributed by atoms with Crippen LogP contribution in [0.4, 0.5) is 20.3 Å². The number of benzene rings is 2. The first-order chi connectivity index (χ1) is 20.4. The first-order valence-corrected chi connectivity index (χ1v) is 13.7. The quantitative estimate of drug-likeness (QED) is 0.319. The highest BCUT2D eigenvalue weighted by Gasteiger charge is 2.23. The maximum absolute atomic E-state index is 13.3. The van der Waals surface area contributed by atoms with E-state index in [1.54, 1.807) is 25.3 Å². The van der Waals surface area contributed by atoms with Crippen LogP contribution < -0.4 is 19.5 Å². The van der Waals surface area contributed by atoms with Crippen LogP contribution in [0.2, 0.25) is 0 Å². The molecule has 0 unspecified atom stereocenters. The van der Waals surface area contributed by atoms with Gasteiger partial charge in [0.15, 0.2) is 29.2 Å². The summed E-state index contributed by atoms with van der Waals surface area (Å²) in [6, 6.07) is 8.30. The second kappa shape index (κ2) is 13.1. The molecule has 0 bridgehead atoms. The fourth-order valence-electron chi connectivity index (χ4n) is 4.93. The Kier molecular flexibility index (Phi) is 9.06. The number of ketones is 2. The van der Waals surface area contributed by atoms with Crippen LogP contribution in [-0.2, 0) is 9.59 Å². The minimum atomic E-state index is -1.35. The van der Waals surface area contributed by atoms with Crippen molar-refractivity contribution in [2.24, 2.45) is 5.92 Å². The molecule has 1 aliphatic heterocycles. The summed E-state index contributed by atoms with van der Waals surface area (Å²) in [6.07, 6.45) is 5.70. The Labute approximate surface area is 242 Å². The minimum absolute atomic E-state index is 0.0539. The summed E-state index contributed by atoms with van der Waals surface area (Å²) in [7, 11) is 3.69. The third-order valence-electron chi connectivity index (χ3n) is 7.35. The average Bonchev–Trinajstić information content (AvgIpc) is 3.01. The van der Waals surface area contributed by atoms with Crippen molar-refractivity contribution in [1.29, 1.82) is 0 Å². The number of halogens is 2. The van der Waals surface area contributed by atoms with Crippen LogP contribution in [0.5, 0.6) is 17.2 Å². The highest BCUT2D eigenvalue weighted by atomic mass is 19.1. The van der Waals surface area contributed by atoms with Crippen LogP contribution in [0.3, 0.4) is 0 Å². The molecule has 9 nitrogen and oxygen atoms in total. The van der Waals surface area contributed by atoms with Crippen LogP contribution in [0, 0.1) is 5.92 Å². The molecule has 1 aromatic heterocycles. The SMILES string of the molecule is COc1cc2c(Nc3ccc(OC(CF)CF)c(C4=CC(=O)C=CC4=O)c3)ncnc2cc1OCC1CCN(C)CC1. The number of piperidine rings is 1. The zero-order valence-corrected chi connectivity index (χ0v) is 23.4. The van der Waals surface area contributed by atoms with E-state index in [9.17, 15) is 18.4 Å². The van der Waals surface area contributed by atoms with Gasteiger partial charge >= 0.3 is 0 Å². The van der Waals surface area contributed by atoms with Gasteiger partial charge in [0.25, 0.3) is 0 Å². The Balaban J connectivity index is 1.44. The third kappa shape index (κ3) is 6.57. The molecule has 1 saturated heterocycles. The van der Waals surface area contributed by atoms with E-state index in [2.05, 4.69) is 27.2 Å². The van der Waals surface area contributed by atoms with Gasteiger partial charge in [0.2, 0.25) is 0 Å². The van der Waals surface area contributed by atoms with Gasteiger partial charge in [0, 0.05) is 28.3 Å². The van der Waals surface area contributed by atoms with Crippen molar-refractivity contribution in [2.75, 3.05) is 52.5 Å². The van der Waals surface area contributed by atoms with Gasteiger partial charge in [-0.3, -0.25) is 9.59 Å². The van der Waals surface area contributed by atoms with Crippen LogP contribution >= 0.6 is 0 Å². The van der Waals surface area contributed by atoms with Crippen molar-refractivity contribution in [2.45, 2.75) is 18.9 Å². The number of rotatable bonds is 11. The van der Waals surface area contributed by atoms with Gasteiger partial charge in [-0.05, 0) is 81.4 Å². The fourth-order valence-corrected chi connectivity index (χ4v) is 4.93. The second-order valence-corrected chi connectivity index (χ2v) is 10.3. The van der Waals surface area contributed by atoms with Gasteiger partial charge in [-0.1, -0.05) is 0 Å². The molecule has 5 rings (SSSR count). The predicted molar refractivity (Wildman–Crippen MR) is 155 cm³/mol. The lowest BCUT2D eigenvalue weighted by Crippen LogP contribution is -2.32. The van der Waals surface area contributed by atoms with Crippen molar-refractivity contribution in [3.8, 4) is 17.2 Å². The number of hydrogen-bond donors (Lipinski definition) is 1. The summed E-state index contributed by atoms with van der Waals surface area (Å²) in [5, 5.41) is 3.88. The Morgan fingerprint density at radius 2 is 1.81 bits per heavy atom. The van der Waals surface area contributed by atoms with Crippen LogP contribution in [0.25, 0.3) is 16.5 Å². The standard InChI is InChI=1S/C31H32F2N4O5/c1-37-9-7-19(8-10-37)17-41-30-14-26-25(13-29(30)40-2)31(35-18-34-26)36-20-3-6-28(42-22(15-32)16-33)24(11-20)23-12-21(38)4-5-27(23)39/h3-6,11-14,18-19,22H,7-10,15-17H2,1-2H3,(H,34,35,36). The highest BCUT2D eigenvalue weighted by Crippen LogP contribution is 2.37. The summed E-state index contributed by atoms with van der Waals surface area (Å²) >= 11 is 0. The molecule has 3 aromatic rings. The molecule has 2 aliphatic rings. The Morgan fingerprint density at radius 3 is 2.55 bits per heavy atom. The molecule has 1 aliphatic carbocycles. The largest absolute Gasteiger partial charge is 0.493 e. The van der Waals surface area contributed by atoms with Gasteiger partial charge in [-0.15, -0.1) is 0 Å². The number of anilines is 2. The molecule has 0 saturated carbocycles. The number of nitrogens with zero attached hydrogens (tertiary/aromatic N) is 3. The van der Waals surface area contributed by atoms with Gasteiger partial charge in [-0.2, -0.15) is 0 Å². The number of allylic oxidation sites excluding steroid dienone is 4. The van der Waals surface area contributed by atoms with E-state index in [-0.39, 0.29) is 22.7 Å². The van der Waals surface area contributed by atoms with Crippen molar-refractivity contribution in [3.63, 3.8) is 0 Å². The summed E-state index contributed by atoms with van der Waals surface area (Å²) in [5.74, 6) is 1.29. The van der Waals surface area contributed by atoms with Crippen molar-refractivity contribution < 1.29 is 32.6 Å². The number of ether oxygens (including phenoxy) is 3. The van der Waals surface area contributed by atoms with Crippen molar-refractivity contribution in [1.82, 2.24) is 14.9 Å². The Morgan fingerprint density at radius 1 is 1.02 bits per heavy atom. The molecule has 42 heavy (non-hydrogen) atoms. The number of nitrogens with one attached hydrogen (secondary N) is 1. The molecule has 220 valence electrons. The molecule has 2 aromatic carbocycles. The predicted octanol–water partition coefficient (Wildman–Crippen LogP) is 4.88. The Hall–Kier alpha value is -4.38. The maximum Gasteiger partial charge on any atom is 0.186 e. The maximum atomic E-state index is 13.3. The molecule has 2 heterocycles. The summed E-state index contributed by atoms with van der Waals surface area (Å²) in [6.45, 7) is 0.566. The van der Waals surface area contributed by atoms with Crippen molar-refractivity contribution in [3.05, 3.63) is 60.5 Å². The number of alkyl halides is 2. The van der Waals surface area contributed by atoms with Gasteiger partial charge in [0.1, 0.15) is 31.2 Å². The van der Waals surface area contributed by atoms with E-state index in [1.807, 2.05) is 6.07 Å². The molecular formula is C31H32F2N4O5. The van der Waals surface area contributed by atoms with Crippen LogP contribution in [0.1, 0.15) is 18.4 Å². The molecule has 11 heteroatoms. The number of likely N-dealkylation sites (tertiary alicyclic amines) is 1. The van der Waals surface area contributed by atoms with E-state index in [4.69, 9.17) is 14.2 Å². The van der Waals surface area contributed by atoms with Crippen LogP contribution in [0.15, 0.2) is 54.9 Å². The second-order valence-electron chi connectivity index (χ2n) is 10.3. The van der Waals surface area contributed by atoms with E-state index in [1.165, 1.54) is 18.5 Å². The van der Waals surface area contributed by atoms with E-state index < -0.39 is 25.2 Å². The lowest BCUT2D eigenvalue weighted by molar-refractivity contribution is -0.113. The smallest absolute Gasteiger partial charge is 0.186 e. The van der Waals surface area contributed by atoms with Gasteiger partial charge in [0.05, 0.1) is 19.2 Å². The number of fused-ring (bicyclic) bond motifs is 1. The first kappa shape index (κ1) is 29.1. The molecule has 1 fully saturated rings. The molecule has 0 radical (unpaired) electrons. The topological polar surface area (TPSA) is 103 Å². The Bertz CT molecular complexity index is 1530. The first-order valence-electron chi connectivity index (χ1n) is 13.7. The zero-order chi connectivity index (χ0) is 29.6. The van der Waals surface area contributed by atoms with E-state index in [0.29, 0.717) is 46.4 Å². The summed E-state index contributed by atoms with van der Waals surface area (Å²) in [4.78, 5) is 35.8. The lowest BCUT2D eigenvalue weighted by atomic mass is 9.95. The number of methoxy groups -OCH3 is 1. The third-order valence-corrected chi connectivity index (χ3v) is 7.35. The lowest BCUT2D eigenvalue weighted by Gasteiger charge is -2.28.